The summed E-state index contributed by atoms with van der Waals surface area (Å²) in [6.07, 6.45) is 34.7. The van der Waals surface area contributed by atoms with Gasteiger partial charge in [-0.05, 0) is 60.2 Å². The van der Waals surface area contributed by atoms with Crippen molar-refractivity contribution in [3.63, 3.8) is 0 Å². The van der Waals surface area contributed by atoms with Crippen LogP contribution in [-0.2, 0) is 0 Å². The second-order valence-electron chi connectivity index (χ2n) is 12.7. The second kappa shape index (κ2) is 10.7. The lowest BCUT2D eigenvalue weighted by Gasteiger charge is -2.55. The van der Waals surface area contributed by atoms with Gasteiger partial charge >= 0.3 is 0 Å². The molecule has 5 saturated carbocycles. The lowest BCUT2D eigenvalue weighted by molar-refractivity contribution is -0.0649. The molecule has 172 valence electrons. The van der Waals surface area contributed by atoms with Crippen LogP contribution in [0.25, 0.3) is 0 Å². The van der Waals surface area contributed by atoms with Gasteiger partial charge in [0.2, 0.25) is 0 Å². The summed E-state index contributed by atoms with van der Waals surface area (Å²) in [4.78, 5) is 0. The predicted octanol–water partition coefficient (Wildman–Crippen LogP) is 9.57. The molecule has 0 heteroatoms. The van der Waals surface area contributed by atoms with Gasteiger partial charge in [-0.1, -0.05) is 128 Å². The second-order valence-corrected chi connectivity index (χ2v) is 12.7. The summed E-state index contributed by atoms with van der Waals surface area (Å²) in [7, 11) is 0. The third-order valence-corrected chi connectivity index (χ3v) is 11.2. The lowest BCUT2D eigenvalue weighted by atomic mass is 9.50. The first-order chi connectivity index (χ1) is 14.9. The Balaban J connectivity index is 1.45. The first-order valence-corrected chi connectivity index (χ1v) is 14.9. The fourth-order valence-electron chi connectivity index (χ4n) is 9.93. The summed E-state index contributed by atoms with van der Waals surface area (Å²) >= 11 is 0. The van der Waals surface area contributed by atoms with Crippen molar-refractivity contribution in [3.8, 4) is 0 Å². The molecule has 0 heterocycles. The zero-order chi connectivity index (χ0) is 20.2. The van der Waals surface area contributed by atoms with Gasteiger partial charge in [0.25, 0.3) is 0 Å². The SMILES string of the molecule is C1CCC([C@@H]2[C@@H](C3CCCCC3)[C@H](C3CCCCC3)CC[C@@H]2C2CCCCC2)CC1. The lowest BCUT2D eigenvalue weighted by Crippen LogP contribution is -2.48. The highest BCUT2D eigenvalue weighted by Gasteiger charge is 2.50. The normalized spacial score (nSPS) is 39.2. The molecule has 0 unspecified atom stereocenters. The van der Waals surface area contributed by atoms with Gasteiger partial charge in [-0.15, -0.1) is 0 Å². The van der Waals surface area contributed by atoms with Crippen LogP contribution in [0.1, 0.15) is 141 Å². The van der Waals surface area contributed by atoms with E-state index in [0.717, 1.165) is 47.3 Å². The molecule has 30 heavy (non-hydrogen) atoms. The molecule has 0 radical (unpaired) electrons. The van der Waals surface area contributed by atoms with Gasteiger partial charge in [0.15, 0.2) is 0 Å². The number of rotatable bonds is 4. The van der Waals surface area contributed by atoms with E-state index in [2.05, 4.69) is 0 Å². The van der Waals surface area contributed by atoms with Gasteiger partial charge in [0.05, 0.1) is 0 Å². The quantitative estimate of drug-likeness (QED) is 0.431. The van der Waals surface area contributed by atoms with Crippen LogP contribution in [0.4, 0.5) is 0 Å². The first kappa shape index (κ1) is 21.8. The molecule has 5 fully saturated rings. The Hall–Kier alpha value is 0. The van der Waals surface area contributed by atoms with Crippen LogP contribution in [0.3, 0.4) is 0 Å². The van der Waals surface area contributed by atoms with Crippen molar-refractivity contribution < 1.29 is 0 Å². The molecule has 0 nitrogen and oxygen atoms in total. The summed E-state index contributed by atoms with van der Waals surface area (Å²) in [5.74, 6) is 8.98. The van der Waals surface area contributed by atoms with Crippen molar-refractivity contribution in [1.29, 1.82) is 0 Å². The Morgan fingerprint density at radius 3 is 0.800 bits per heavy atom. The van der Waals surface area contributed by atoms with Crippen LogP contribution in [0.5, 0.6) is 0 Å². The van der Waals surface area contributed by atoms with Crippen LogP contribution in [0.2, 0.25) is 0 Å². The third-order valence-electron chi connectivity index (χ3n) is 11.2. The average molecular weight is 413 g/mol. The summed E-state index contributed by atoms with van der Waals surface area (Å²) in [6.45, 7) is 0. The Morgan fingerprint density at radius 1 is 0.233 bits per heavy atom. The molecule has 0 aromatic heterocycles. The van der Waals surface area contributed by atoms with Crippen LogP contribution >= 0.6 is 0 Å². The van der Waals surface area contributed by atoms with Crippen molar-refractivity contribution in [2.75, 3.05) is 0 Å². The van der Waals surface area contributed by atoms with Crippen LogP contribution in [0.15, 0.2) is 0 Å². The molecule has 0 spiro atoms. The Kier molecular flexibility index (Phi) is 7.82. The maximum atomic E-state index is 1.64. The topological polar surface area (TPSA) is 0 Å². The minimum atomic E-state index is 1.11. The van der Waals surface area contributed by atoms with Crippen LogP contribution in [-0.4, -0.2) is 0 Å². The van der Waals surface area contributed by atoms with Gasteiger partial charge in [-0.25, -0.2) is 0 Å². The van der Waals surface area contributed by atoms with E-state index in [9.17, 15) is 0 Å². The van der Waals surface area contributed by atoms with Crippen molar-refractivity contribution in [1.82, 2.24) is 0 Å². The Morgan fingerprint density at radius 2 is 0.500 bits per heavy atom. The molecule has 0 saturated heterocycles. The largest absolute Gasteiger partial charge is 0.0533 e. The van der Waals surface area contributed by atoms with Crippen molar-refractivity contribution in [3.05, 3.63) is 0 Å². The van der Waals surface area contributed by atoms with E-state index in [1.807, 2.05) is 0 Å². The van der Waals surface area contributed by atoms with Crippen LogP contribution < -0.4 is 0 Å². The van der Waals surface area contributed by atoms with E-state index in [1.165, 1.54) is 25.7 Å². The minimum absolute atomic E-state index is 1.11. The standard InChI is InChI=1S/C30H52/c1-5-13-23(14-6-1)27-21-22-28(24-15-7-2-8-16-24)30(26-19-11-4-12-20-26)29(27)25-17-9-3-10-18-25/h23-30H,1-22H2/t27-,28+,29-,30-/m0/s1. The smallest absolute Gasteiger partial charge is 0.0321 e. The molecular formula is C30H52. The molecule has 0 N–H and O–H groups in total. The Bertz CT molecular complexity index is 438. The van der Waals surface area contributed by atoms with E-state index < -0.39 is 0 Å². The highest BCUT2D eigenvalue weighted by molar-refractivity contribution is 4.99. The van der Waals surface area contributed by atoms with Gasteiger partial charge in [0.1, 0.15) is 0 Å². The molecule has 0 aromatic carbocycles. The summed E-state index contributed by atoms with van der Waals surface area (Å²) < 4.78 is 0. The average Bonchev–Trinajstić information content (AvgIpc) is 2.85. The zero-order valence-corrected chi connectivity index (χ0v) is 20.2. The van der Waals surface area contributed by atoms with Crippen molar-refractivity contribution in [2.24, 2.45) is 47.3 Å². The monoisotopic (exact) mass is 412 g/mol. The van der Waals surface area contributed by atoms with Crippen LogP contribution in [0, 0.1) is 47.3 Å². The fourth-order valence-corrected chi connectivity index (χ4v) is 9.93. The first-order valence-electron chi connectivity index (χ1n) is 14.9. The van der Waals surface area contributed by atoms with Gasteiger partial charge in [-0.3, -0.25) is 0 Å². The third kappa shape index (κ3) is 4.83. The molecule has 0 amide bonds. The highest BCUT2D eigenvalue weighted by Crippen LogP contribution is 2.58. The summed E-state index contributed by atoms with van der Waals surface area (Å²) in [5.41, 5.74) is 0. The van der Waals surface area contributed by atoms with Gasteiger partial charge in [0, 0.05) is 0 Å². The van der Waals surface area contributed by atoms with Gasteiger partial charge < -0.3 is 0 Å². The number of hydrogen-bond donors (Lipinski definition) is 0. The van der Waals surface area contributed by atoms with E-state index in [1.54, 1.807) is 116 Å². The molecule has 5 rings (SSSR count). The van der Waals surface area contributed by atoms with Crippen molar-refractivity contribution >= 4 is 0 Å². The van der Waals surface area contributed by atoms with E-state index in [-0.39, 0.29) is 0 Å². The predicted molar refractivity (Wildman–Crippen MR) is 129 cm³/mol. The maximum absolute atomic E-state index is 1.64. The van der Waals surface area contributed by atoms with E-state index in [0.29, 0.717) is 0 Å². The maximum Gasteiger partial charge on any atom is -0.0321 e. The molecule has 5 aliphatic rings. The Labute approximate surface area is 188 Å². The molecule has 4 atom stereocenters. The molecular weight excluding hydrogens is 360 g/mol. The summed E-state index contributed by atoms with van der Waals surface area (Å²) in [5, 5.41) is 0. The van der Waals surface area contributed by atoms with E-state index in [4.69, 9.17) is 0 Å². The molecule has 0 bridgehead atoms. The van der Waals surface area contributed by atoms with E-state index >= 15 is 0 Å². The number of hydrogen-bond acceptors (Lipinski definition) is 0. The molecule has 0 aliphatic heterocycles. The van der Waals surface area contributed by atoms with Gasteiger partial charge in [-0.2, -0.15) is 0 Å². The minimum Gasteiger partial charge on any atom is -0.0533 e. The zero-order valence-electron chi connectivity index (χ0n) is 20.2. The highest BCUT2D eigenvalue weighted by atomic mass is 14.5. The molecule has 0 aromatic rings. The fraction of sp³-hybridized carbons (Fsp3) is 1.00. The molecule has 5 aliphatic carbocycles. The van der Waals surface area contributed by atoms with Crippen molar-refractivity contribution in [2.45, 2.75) is 141 Å². The summed E-state index contributed by atoms with van der Waals surface area (Å²) in [6, 6.07) is 0.